The number of anilines is 1. The average molecular weight is 434 g/mol. The minimum absolute atomic E-state index is 0.136. The molecule has 3 rings (SSSR count). The molecule has 2 aromatic carbocycles. The Balaban J connectivity index is 2.00. The van der Waals surface area contributed by atoms with Gasteiger partial charge in [0.05, 0.1) is 15.7 Å². The number of amides is 5. The largest absolute Gasteiger partial charge is 0.483 e. The smallest absolute Gasteiger partial charge is 0.335 e. The fraction of sp³-hybridized carbons (Fsp3) is 0.0526. The molecule has 1 heterocycles. The zero-order chi connectivity index (χ0) is 21.1. The first kappa shape index (κ1) is 20.4. The fourth-order valence-electron chi connectivity index (χ4n) is 2.55. The highest BCUT2D eigenvalue weighted by Crippen LogP contribution is 2.30. The molecule has 0 aliphatic carbocycles. The summed E-state index contributed by atoms with van der Waals surface area (Å²) in [4.78, 5) is 49.2. The van der Waals surface area contributed by atoms with Crippen molar-refractivity contribution in [3.05, 3.63) is 63.6 Å². The number of halogens is 2. The highest BCUT2D eigenvalue weighted by atomic mass is 35.5. The molecule has 3 N–H and O–H groups in total. The minimum atomic E-state index is -0.922. The molecule has 0 spiro atoms. The van der Waals surface area contributed by atoms with Gasteiger partial charge in [-0.05, 0) is 30.3 Å². The molecule has 1 aliphatic rings. The summed E-state index contributed by atoms with van der Waals surface area (Å²) in [5, 5.41) is 2.48. The number of benzene rings is 2. The van der Waals surface area contributed by atoms with Crippen LogP contribution in [0.3, 0.4) is 0 Å². The molecule has 29 heavy (non-hydrogen) atoms. The summed E-state index contributed by atoms with van der Waals surface area (Å²) >= 11 is 11.8. The molecule has 148 valence electrons. The molecular weight excluding hydrogens is 421 g/mol. The van der Waals surface area contributed by atoms with Crippen molar-refractivity contribution in [2.24, 2.45) is 5.73 Å². The van der Waals surface area contributed by atoms with Crippen LogP contribution in [0.25, 0.3) is 6.08 Å². The molecule has 0 radical (unpaired) electrons. The number of rotatable bonds is 5. The van der Waals surface area contributed by atoms with Gasteiger partial charge in [-0.15, -0.1) is 0 Å². The van der Waals surface area contributed by atoms with E-state index in [4.69, 9.17) is 33.7 Å². The molecule has 5 amide bonds. The highest BCUT2D eigenvalue weighted by Gasteiger charge is 2.37. The fourth-order valence-corrected chi connectivity index (χ4v) is 2.84. The zero-order valence-corrected chi connectivity index (χ0v) is 16.2. The second kappa shape index (κ2) is 8.34. The lowest BCUT2D eigenvalue weighted by atomic mass is 10.1. The van der Waals surface area contributed by atoms with Crippen LogP contribution in [0.15, 0.2) is 48.0 Å². The van der Waals surface area contributed by atoms with Crippen LogP contribution in [-0.2, 0) is 14.4 Å². The Bertz CT molecular complexity index is 1070. The van der Waals surface area contributed by atoms with E-state index in [2.05, 4.69) is 5.32 Å². The van der Waals surface area contributed by atoms with Gasteiger partial charge in [0.2, 0.25) is 0 Å². The van der Waals surface area contributed by atoms with E-state index in [-0.39, 0.29) is 33.7 Å². The summed E-state index contributed by atoms with van der Waals surface area (Å²) in [6.45, 7) is -0.381. The van der Waals surface area contributed by atoms with Gasteiger partial charge in [0.25, 0.3) is 17.7 Å². The van der Waals surface area contributed by atoms with Gasteiger partial charge in [-0.25, -0.2) is 9.69 Å². The summed E-state index contributed by atoms with van der Waals surface area (Å²) in [5.74, 6) is -2.18. The Labute approximate surface area is 174 Å². The van der Waals surface area contributed by atoms with Crippen LogP contribution in [0.2, 0.25) is 10.0 Å². The molecule has 10 heteroatoms. The number of barbiturate groups is 1. The van der Waals surface area contributed by atoms with E-state index in [9.17, 15) is 19.2 Å². The third-order valence-electron chi connectivity index (χ3n) is 3.85. The van der Waals surface area contributed by atoms with Crippen LogP contribution in [0, 0.1) is 0 Å². The van der Waals surface area contributed by atoms with Gasteiger partial charge in [0.1, 0.15) is 11.3 Å². The lowest BCUT2D eigenvalue weighted by Gasteiger charge is -2.26. The van der Waals surface area contributed by atoms with Gasteiger partial charge in [0, 0.05) is 5.56 Å². The van der Waals surface area contributed by atoms with Crippen molar-refractivity contribution >= 4 is 58.7 Å². The Kier molecular flexibility index (Phi) is 5.86. The van der Waals surface area contributed by atoms with Crippen LogP contribution in [-0.4, -0.2) is 30.4 Å². The molecule has 8 nitrogen and oxygen atoms in total. The van der Waals surface area contributed by atoms with E-state index in [1.807, 2.05) is 0 Å². The number of carbonyl (C=O) groups excluding carboxylic acids is 4. The average Bonchev–Trinajstić information content (AvgIpc) is 2.66. The summed E-state index contributed by atoms with van der Waals surface area (Å²) < 4.78 is 5.30. The van der Waals surface area contributed by atoms with Crippen molar-refractivity contribution in [1.82, 2.24) is 5.32 Å². The number of ether oxygens (including phenoxy) is 1. The third-order valence-corrected chi connectivity index (χ3v) is 4.59. The van der Waals surface area contributed by atoms with Crippen LogP contribution in [0.5, 0.6) is 5.75 Å². The van der Waals surface area contributed by atoms with Gasteiger partial charge in [0.15, 0.2) is 6.61 Å². The van der Waals surface area contributed by atoms with E-state index in [1.54, 1.807) is 24.3 Å². The lowest BCUT2D eigenvalue weighted by Crippen LogP contribution is -2.54. The topological polar surface area (TPSA) is 119 Å². The summed E-state index contributed by atoms with van der Waals surface area (Å²) in [7, 11) is 0. The van der Waals surface area contributed by atoms with Crippen molar-refractivity contribution in [3.8, 4) is 5.75 Å². The molecule has 2 aromatic rings. The second-order valence-electron chi connectivity index (χ2n) is 5.85. The Morgan fingerprint density at radius 3 is 2.52 bits per heavy atom. The number of para-hydroxylation sites is 1. The number of primary amides is 1. The maximum Gasteiger partial charge on any atom is 0.335 e. The van der Waals surface area contributed by atoms with Crippen LogP contribution in [0.4, 0.5) is 10.5 Å². The number of urea groups is 1. The number of hydrogen-bond donors (Lipinski definition) is 2. The number of carbonyl (C=O) groups is 4. The number of nitrogens with zero attached hydrogens (tertiary/aromatic N) is 1. The second-order valence-corrected chi connectivity index (χ2v) is 6.66. The number of nitrogens with two attached hydrogens (primary N) is 1. The van der Waals surface area contributed by atoms with Gasteiger partial charge in [-0.1, -0.05) is 41.4 Å². The summed E-state index contributed by atoms with van der Waals surface area (Å²) in [6, 6.07) is 9.66. The maximum absolute atomic E-state index is 12.9. The third kappa shape index (κ3) is 4.39. The Morgan fingerprint density at radius 2 is 1.83 bits per heavy atom. The van der Waals surface area contributed by atoms with E-state index in [0.717, 1.165) is 4.90 Å². The van der Waals surface area contributed by atoms with Gasteiger partial charge in [-0.3, -0.25) is 19.7 Å². The first-order valence-electron chi connectivity index (χ1n) is 8.14. The summed E-state index contributed by atoms with van der Waals surface area (Å²) in [6.07, 6.45) is 1.25. The van der Waals surface area contributed by atoms with Gasteiger partial charge >= 0.3 is 6.03 Å². The first-order valence-corrected chi connectivity index (χ1v) is 8.90. The van der Waals surface area contributed by atoms with Crippen molar-refractivity contribution < 1.29 is 23.9 Å². The predicted molar refractivity (Wildman–Crippen MR) is 107 cm³/mol. The van der Waals surface area contributed by atoms with Crippen molar-refractivity contribution in [3.63, 3.8) is 0 Å². The van der Waals surface area contributed by atoms with Crippen LogP contribution < -0.4 is 20.7 Å². The molecule has 0 bridgehead atoms. The number of hydrogen-bond acceptors (Lipinski definition) is 5. The van der Waals surface area contributed by atoms with E-state index >= 15 is 0 Å². The van der Waals surface area contributed by atoms with Crippen LogP contribution >= 0.6 is 23.2 Å². The van der Waals surface area contributed by atoms with Gasteiger partial charge < -0.3 is 10.5 Å². The molecule has 1 fully saturated rings. The minimum Gasteiger partial charge on any atom is -0.483 e. The molecular formula is C19H13Cl2N3O5. The monoisotopic (exact) mass is 433 g/mol. The zero-order valence-electron chi connectivity index (χ0n) is 14.6. The van der Waals surface area contributed by atoms with E-state index in [1.165, 1.54) is 24.3 Å². The quantitative estimate of drug-likeness (QED) is 0.554. The number of imide groups is 2. The Hall–Kier alpha value is -3.36. The number of nitrogens with one attached hydrogen (secondary N) is 1. The van der Waals surface area contributed by atoms with Gasteiger partial charge in [-0.2, -0.15) is 0 Å². The molecule has 0 atom stereocenters. The SMILES string of the molecule is NC(=O)COc1ccccc1/C=C1\C(=O)NC(=O)N(c2ccc(Cl)c(Cl)c2)C1=O. The lowest BCUT2D eigenvalue weighted by molar-refractivity contribution is -0.123. The van der Waals surface area contributed by atoms with Crippen molar-refractivity contribution in [1.29, 1.82) is 0 Å². The van der Waals surface area contributed by atoms with Crippen molar-refractivity contribution in [2.75, 3.05) is 11.5 Å². The van der Waals surface area contributed by atoms with E-state index in [0.29, 0.717) is 5.56 Å². The molecule has 1 aliphatic heterocycles. The van der Waals surface area contributed by atoms with Crippen molar-refractivity contribution in [2.45, 2.75) is 0 Å². The molecule has 0 saturated carbocycles. The highest BCUT2D eigenvalue weighted by molar-refractivity contribution is 6.43. The first-order chi connectivity index (χ1) is 13.8. The molecule has 0 unspecified atom stereocenters. The standard InChI is InChI=1S/C19H13Cl2N3O5/c20-13-6-5-11(8-14(13)21)24-18(27)12(17(26)23-19(24)28)7-10-3-1-2-4-15(10)29-9-16(22)25/h1-8H,9H2,(H2,22,25)(H,23,26,28)/b12-7+. The van der Waals surface area contributed by atoms with Crippen LogP contribution in [0.1, 0.15) is 5.56 Å². The normalized spacial score (nSPS) is 15.4. The molecule has 1 saturated heterocycles. The Morgan fingerprint density at radius 1 is 1.10 bits per heavy atom. The van der Waals surface area contributed by atoms with E-state index < -0.39 is 23.8 Å². The predicted octanol–water partition coefficient (Wildman–Crippen LogP) is 2.52. The maximum atomic E-state index is 12.9. The summed E-state index contributed by atoms with van der Waals surface area (Å²) in [5.41, 5.74) is 5.24. The molecule has 0 aromatic heterocycles.